The largest absolute Gasteiger partial charge is 0.497 e. The number of methoxy groups -OCH3 is 2. The predicted molar refractivity (Wildman–Crippen MR) is 81.5 cm³/mol. The van der Waals surface area contributed by atoms with Gasteiger partial charge in [-0.1, -0.05) is 12.1 Å². The molecule has 0 spiro atoms. The zero-order valence-corrected chi connectivity index (χ0v) is 12.2. The quantitative estimate of drug-likeness (QED) is 0.679. The van der Waals surface area contributed by atoms with Gasteiger partial charge in [-0.15, -0.1) is 0 Å². The highest BCUT2D eigenvalue weighted by Crippen LogP contribution is 2.31. The number of hydrogen-bond donors (Lipinski definition) is 1. The Morgan fingerprint density at radius 2 is 1.77 bits per heavy atom. The van der Waals surface area contributed by atoms with E-state index >= 15 is 0 Å². The number of carboxylic acid groups (broad SMARTS) is 1. The Labute approximate surface area is 127 Å². The monoisotopic (exact) mass is 302 g/mol. The molecule has 0 radical (unpaired) electrons. The average Bonchev–Trinajstić information content (AvgIpc) is 2.53. The number of carbonyl (C=O) groups is 1. The maximum Gasteiger partial charge on any atom is 0.336 e. The van der Waals surface area contributed by atoms with Gasteiger partial charge in [0.2, 0.25) is 0 Å². The Hall–Kier alpha value is -2.82. The maximum atomic E-state index is 12.9. The summed E-state index contributed by atoms with van der Waals surface area (Å²) in [5.41, 5.74) is 1.04. The standard InChI is InChI=1S/C17H15FO4/c1-21-13-7-8-14(16(10-13)22-2)15(17(19)20)9-11-3-5-12(18)6-4-11/h3-10H,1-2H3,(H,19,20)/b15-9-. The van der Waals surface area contributed by atoms with Gasteiger partial charge < -0.3 is 14.6 Å². The third-order valence-corrected chi connectivity index (χ3v) is 3.11. The molecule has 5 heteroatoms. The molecule has 22 heavy (non-hydrogen) atoms. The van der Waals surface area contributed by atoms with Crippen LogP contribution < -0.4 is 9.47 Å². The Bertz CT molecular complexity index is 705. The van der Waals surface area contributed by atoms with Gasteiger partial charge in [0.25, 0.3) is 0 Å². The number of benzene rings is 2. The predicted octanol–water partition coefficient (Wildman–Crippen LogP) is 3.47. The van der Waals surface area contributed by atoms with Crippen molar-refractivity contribution in [1.29, 1.82) is 0 Å². The van der Waals surface area contributed by atoms with Crippen LogP contribution in [0.15, 0.2) is 42.5 Å². The molecule has 0 fully saturated rings. The molecule has 0 saturated heterocycles. The molecule has 2 rings (SSSR count). The minimum atomic E-state index is -1.10. The fraction of sp³-hybridized carbons (Fsp3) is 0.118. The lowest BCUT2D eigenvalue weighted by Crippen LogP contribution is -2.02. The highest BCUT2D eigenvalue weighted by atomic mass is 19.1. The van der Waals surface area contributed by atoms with E-state index in [1.807, 2.05) is 0 Å². The molecule has 0 unspecified atom stereocenters. The zero-order valence-electron chi connectivity index (χ0n) is 12.2. The summed E-state index contributed by atoms with van der Waals surface area (Å²) >= 11 is 0. The molecule has 0 atom stereocenters. The molecular formula is C17H15FO4. The fourth-order valence-electron chi connectivity index (χ4n) is 2.00. The Morgan fingerprint density at radius 3 is 2.32 bits per heavy atom. The van der Waals surface area contributed by atoms with Crippen LogP contribution >= 0.6 is 0 Å². The third kappa shape index (κ3) is 3.44. The van der Waals surface area contributed by atoms with Gasteiger partial charge in [0.05, 0.1) is 19.8 Å². The van der Waals surface area contributed by atoms with Crippen molar-refractivity contribution in [2.45, 2.75) is 0 Å². The fourth-order valence-corrected chi connectivity index (χ4v) is 2.00. The van der Waals surface area contributed by atoms with Crippen LogP contribution in [-0.2, 0) is 4.79 Å². The third-order valence-electron chi connectivity index (χ3n) is 3.11. The van der Waals surface area contributed by atoms with Gasteiger partial charge in [0.1, 0.15) is 17.3 Å². The molecule has 0 heterocycles. The minimum Gasteiger partial charge on any atom is -0.497 e. The van der Waals surface area contributed by atoms with Gasteiger partial charge in [-0.25, -0.2) is 9.18 Å². The molecule has 114 valence electrons. The highest BCUT2D eigenvalue weighted by Gasteiger charge is 2.16. The van der Waals surface area contributed by atoms with Crippen molar-refractivity contribution < 1.29 is 23.8 Å². The lowest BCUT2D eigenvalue weighted by Gasteiger charge is -2.11. The van der Waals surface area contributed by atoms with Gasteiger partial charge >= 0.3 is 5.97 Å². The highest BCUT2D eigenvalue weighted by molar-refractivity contribution is 6.21. The molecule has 0 aromatic heterocycles. The van der Waals surface area contributed by atoms with E-state index in [4.69, 9.17) is 9.47 Å². The molecular weight excluding hydrogens is 287 g/mol. The first kappa shape index (κ1) is 15.6. The summed E-state index contributed by atoms with van der Waals surface area (Å²) in [6.45, 7) is 0. The second-order valence-electron chi connectivity index (χ2n) is 4.48. The normalized spacial score (nSPS) is 11.1. The van der Waals surface area contributed by atoms with Gasteiger partial charge in [-0.3, -0.25) is 0 Å². The van der Waals surface area contributed by atoms with E-state index in [1.165, 1.54) is 44.6 Å². The number of hydrogen-bond acceptors (Lipinski definition) is 3. The maximum absolute atomic E-state index is 12.9. The minimum absolute atomic E-state index is 0.0473. The molecule has 0 aliphatic rings. The van der Waals surface area contributed by atoms with Crippen LogP contribution in [-0.4, -0.2) is 25.3 Å². The molecule has 1 N–H and O–H groups in total. The molecule has 0 saturated carbocycles. The van der Waals surface area contributed by atoms with Crippen LogP contribution in [0.25, 0.3) is 11.6 Å². The molecule has 0 bridgehead atoms. The zero-order chi connectivity index (χ0) is 16.1. The summed E-state index contributed by atoms with van der Waals surface area (Å²) in [6.07, 6.45) is 1.46. The van der Waals surface area contributed by atoms with Crippen molar-refractivity contribution in [3.8, 4) is 11.5 Å². The van der Waals surface area contributed by atoms with E-state index in [2.05, 4.69) is 0 Å². The van der Waals surface area contributed by atoms with Crippen LogP contribution in [0.2, 0.25) is 0 Å². The second kappa shape index (κ2) is 6.76. The molecule has 2 aromatic rings. The van der Waals surface area contributed by atoms with Crippen LogP contribution in [0, 0.1) is 5.82 Å². The van der Waals surface area contributed by atoms with E-state index in [-0.39, 0.29) is 11.4 Å². The van der Waals surface area contributed by atoms with Crippen LogP contribution in [0.4, 0.5) is 4.39 Å². The summed E-state index contributed by atoms with van der Waals surface area (Å²) in [6, 6.07) is 10.4. The Morgan fingerprint density at radius 1 is 1.09 bits per heavy atom. The summed E-state index contributed by atoms with van der Waals surface area (Å²) in [7, 11) is 2.97. The number of carboxylic acids is 1. The lowest BCUT2D eigenvalue weighted by atomic mass is 10.0. The lowest BCUT2D eigenvalue weighted by molar-refractivity contribution is -0.130. The van der Waals surface area contributed by atoms with Gasteiger partial charge in [-0.05, 0) is 35.9 Å². The number of aliphatic carboxylic acids is 1. The van der Waals surface area contributed by atoms with E-state index in [0.717, 1.165) is 0 Å². The smallest absolute Gasteiger partial charge is 0.336 e. The summed E-state index contributed by atoms with van der Waals surface area (Å²) < 4.78 is 23.3. The number of ether oxygens (including phenoxy) is 2. The first-order chi connectivity index (χ1) is 10.5. The molecule has 2 aromatic carbocycles. The van der Waals surface area contributed by atoms with Crippen molar-refractivity contribution in [1.82, 2.24) is 0 Å². The molecule has 0 aliphatic heterocycles. The summed E-state index contributed by atoms with van der Waals surface area (Å²) in [5, 5.41) is 9.46. The average molecular weight is 302 g/mol. The van der Waals surface area contributed by atoms with Crippen LogP contribution in [0.3, 0.4) is 0 Å². The molecule has 0 aliphatic carbocycles. The second-order valence-corrected chi connectivity index (χ2v) is 4.48. The molecule has 4 nitrogen and oxygen atoms in total. The number of halogens is 1. The van der Waals surface area contributed by atoms with Gasteiger partial charge in [-0.2, -0.15) is 0 Å². The van der Waals surface area contributed by atoms with Crippen LogP contribution in [0.1, 0.15) is 11.1 Å². The Balaban J connectivity index is 2.52. The first-order valence-electron chi connectivity index (χ1n) is 6.48. The number of rotatable bonds is 5. The summed E-state index contributed by atoms with van der Waals surface area (Å²) in [4.78, 5) is 11.6. The van der Waals surface area contributed by atoms with E-state index in [1.54, 1.807) is 18.2 Å². The van der Waals surface area contributed by atoms with Crippen molar-refractivity contribution in [3.05, 3.63) is 59.4 Å². The SMILES string of the molecule is COc1ccc(/C(=C/c2ccc(F)cc2)C(=O)O)c(OC)c1. The van der Waals surface area contributed by atoms with Crippen molar-refractivity contribution in [2.24, 2.45) is 0 Å². The van der Waals surface area contributed by atoms with E-state index < -0.39 is 5.97 Å². The first-order valence-corrected chi connectivity index (χ1v) is 6.48. The summed E-state index contributed by atoms with van der Waals surface area (Å²) in [5.74, 6) is -0.536. The van der Waals surface area contributed by atoms with E-state index in [9.17, 15) is 14.3 Å². The molecule has 0 amide bonds. The van der Waals surface area contributed by atoms with Gasteiger partial charge in [0.15, 0.2) is 0 Å². The topological polar surface area (TPSA) is 55.8 Å². The van der Waals surface area contributed by atoms with Crippen molar-refractivity contribution in [3.63, 3.8) is 0 Å². The van der Waals surface area contributed by atoms with Crippen molar-refractivity contribution in [2.75, 3.05) is 14.2 Å². The van der Waals surface area contributed by atoms with Crippen molar-refractivity contribution >= 4 is 17.6 Å². The van der Waals surface area contributed by atoms with Gasteiger partial charge in [0, 0.05) is 11.6 Å². The Kier molecular flexibility index (Phi) is 4.78. The van der Waals surface area contributed by atoms with Crippen LogP contribution in [0.5, 0.6) is 11.5 Å². The van der Waals surface area contributed by atoms with E-state index in [0.29, 0.717) is 22.6 Å².